The largest absolute Gasteiger partial charge is 0.385 e. The molecule has 5 heteroatoms. The van der Waals surface area contributed by atoms with Crippen LogP contribution in [0.2, 0.25) is 0 Å². The van der Waals surface area contributed by atoms with Crippen LogP contribution < -0.4 is 4.90 Å². The summed E-state index contributed by atoms with van der Waals surface area (Å²) in [5.74, 6) is 0.0787. The Morgan fingerprint density at radius 1 is 1.20 bits per heavy atom. The highest BCUT2D eigenvalue weighted by Gasteiger charge is 2.30. The lowest BCUT2D eigenvalue weighted by Crippen LogP contribution is -3.13. The Kier molecular flexibility index (Phi) is 4.52. The van der Waals surface area contributed by atoms with E-state index in [0.717, 1.165) is 54.8 Å². The Hall–Kier alpha value is -1.85. The van der Waals surface area contributed by atoms with Crippen LogP contribution in [0.5, 0.6) is 0 Å². The summed E-state index contributed by atoms with van der Waals surface area (Å²) in [7, 11) is 1.86. The zero-order valence-corrected chi connectivity index (χ0v) is 15.0. The molecule has 0 bridgehead atoms. The van der Waals surface area contributed by atoms with E-state index in [-0.39, 0.29) is 5.91 Å². The maximum absolute atomic E-state index is 12.8. The summed E-state index contributed by atoms with van der Waals surface area (Å²) >= 11 is 0. The minimum absolute atomic E-state index is 0.0787. The van der Waals surface area contributed by atoms with E-state index in [4.69, 9.17) is 0 Å². The molecule has 134 valence electrons. The lowest BCUT2D eigenvalue weighted by molar-refractivity contribution is -0.908. The highest BCUT2D eigenvalue weighted by Crippen LogP contribution is 2.30. The SMILES string of the molecule is CN1CCc2c(n(CC(O)C[NH+]3CCCCC3)c3ccccc23)C1=O. The number of aliphatic hydroxyl groups is 1. The van der Waals surface area contributed by atoms with Gasteiger partial charge in [0.25, 0.3) is 5.91 Å². The minimum Gasteiger partial charge on any atom is -0.385 e. The van der Waals surface area contributed by atoms with Crippen molar-refractivity contribution in [2.24, 2.45) is 0 Å². The average molecular weight is 342 g/mol. The lowest BCUT2D eigenvalue weighted by atomic mass is 10.0. The van der Waals surface area contributed by atoms with E-state index in [0.29, 0.717) is 6.54 Å². The number of nitrogens with zero attached hydrogens (tertiary/aromatic N) is 2. The molecule has 0 aliphatic carbocycles. The molecule has 25 heavy (non-hydrogen) atoms. The van der Waals surface area contributed by atoms with Crippen LogP contribution in [0.1, 0.15) is 35.3 Å². The van der Waals surface area contributed by atoms with Crippen LogP contribution in [0.4, 0.5) is 0 Å². The Labute approximate surface area is 148 Å². The molecule has 1 saturated heterocycles. The molecule has 0 radical (unpaired) electrons. The van der Waals surface area contributed by atoms with Gasteiger partial charge in [0, 0.05) is 24.5 Å². The number of likely N-dealkylation sites (N-methyl/N-ethyl adjacent to an activating group) is 1. The Balaban J connectivity index is 1.65. The molecule has 1 aromatic carbocycles. The van der Waals surface area contributed by atoms with Crippen molar-refractivity contribution in [2.75, 3.05) is 33.2 Å². The summed E-state index contributed by atoms with van der Waals surface area (Å²) in [5.41, 5.74) is 3.00. The minimum atomic E-state index is -0.423. The van der Waals surface area contributed by atoms with Gasteiger partial charge in [-0.1, -0.05) is 18.2 Å². The molecular formula is C20H28N3O2+. The fourth-order valence-electron chi connectivity index (χ4n) is 4.49. The number of nitrogens with one attached hydrogen (secondary N) is 1. The second-order valence-corrected chi connectivity index (χ2v) is 7.60. The van der Waals surface area contributed by atoms with Gasteiger partial charge in [0.1, 0.15) is 18.3 Å². The highest BCUT2D eigenvalue weighted by molar-refractivity contribution is 6.02. The molecule has 1 atom stereocenters. The summed E-state index contributed by atoms with van der Waals surface area (Å²) in [6.45, 7) is 4.34. The summed E-state index contributed by atoms with van der Waals surface area (Å²) < 4.78 is 2.07. The van der Waals surface area contributed by atoms with Crippen molar-refractivity contribution in [1.29, 1.82) is 0 Å². The number of benzene rings is 1. The molecule has 0 spiro atoms. The van der Waals surface area contributed by atoms with Gasteiger partial charge in [-0.05, 0) is 37.3 Å². The summed E-state index contributed by atoms with van der Waals surface area (Å²) in [6, 6.07) is 8.22. The summed E-state index contributed by atoms with van der Waals surface area (Å²) in [5, 5.41) is 11.9. The first-order valence-corrected chi connectivity index (χ1v) is 9.52. The van der Waals surface area contributed by atoms with Crippen molar-refractivity contribution in [1.82, 2.24) is 9.47 Å². The smallest absolute Gasteiger partial charge is 0.270 e. The van der Waals surface area contributed by atoms with Crippen molar-refractivity contribution < 1.29 is 14.8 Å². The van der Waals surface area contributed by atoms with Crippen LogP contribution in [-0.4, -0.2) is 59.8 Å². The molecule has 2 N–H and O–H groups in total. The number of carbonyl (C=O) groups is 1. The maximum Gasteiger partial charge on any atom is 0.270 e. The number of hydrogen-bond acceptors (Lipinski definition) is 2. The molecule has 2 aromatic rings. The van der Waals surface area contributed by atoms with Gasteiger partial charge < -0.3 is 19.5 Å². The maximum atomic E-state index is 12.8. The summed E-state index contributed by atoms with van der Waals surface area (Å²) in [4.78, 5) is 16.1. The first-order chi connectivity index (χ1) is 12.1. The van der Waals surface area contributed by atoms with E-state index >= 15 is 0 Å². The quantitative estimate of drug-likeness (QED) is 0.859. The highest BCUT2D eigenvalue weighted by atomic mass is 16.3. The van der Waals surface area contributed by atoms with Crippen LogP contribution >= 0.6 is 0 Å². The van der Waals surface area contributed by atoms with E-state index in [1.807, 2.05) is 19.2 Å². The number of hydrogen-bond donors (Lipinski definition) is 2. The van der Waals surface area contributed by atoms with Gasteiger partial charge in [-0.3, -0.25) is 4.79 Å². The number of aliphatic hydroxyl groups excluding tert-OH is 1. The predicted molar refractivity (Wildman–Crippen MR) is 98.0 cm³/mol. The van der Waals surface area contributed by atoms with E-state index in [9.17, 15) is 9.90 Å². The molecule has 5 nitrogen and oxygen atoms in total. The molecule has 4 rings (SSSR count). The number of likely N-dealkylation sites (tertiary alicyclic amines) is 1. The lowest BCUT2D eigenvalue weighted by Gasteiger charge is -2.27. The second kappa shape index (κ2) is 6.81. The zero-order valence-electron chi connectivity index (χ0n) is 15.0. The van der Waals surface area contributed by atoms with E-state index in [1.165, 1.54) is 24.2 Å². The van der Waals surface area contributed by atoms with Crippen LogP contribution in [0.3, 0.4) is 0 Å². The number of rotatable bonds is 4. The van der Waals surface area contributed by atoms with Crippen molar-refractivity contribution in [3.05, 3.63) is 35.5 Å². The molecule has 2 aliphatic heterocycles. The van der Waals surface area contributed by atoms with E-state index in [1.54, 1.807) is 4.90 Å². The number of para-hydroxylation sites is 1. The van der Waals surface area contributed by atoms with Gasteiger partial charge in [-0.2, -0.15) is 0 Å². The predicted octanol–water partition coefficient (Wildman–Crippen LogP) is 0.699. The second-order valence-electron chi connectivity index (χ2n) is 7.60. The number of quaternary nitrogens is 1. The molecule has 1 aromatic heterocycles. The topological polar surface area (TPSA) is 49.9 Å². The number of piperidine rings is 1. The van der Waals surface area contributed by atoms with Crippen LogP contribution in [0.15, 0.2) is 24.3 Å². The van der Waals surface area contributed by atoms with Crippen LogP contribution in [0.25, 0.3) is 10.9 Å². The first-order valence-electron chi connectivity index (χ1n) is 9.52. The Morgan fingerprint density at radius 3 is 2.76 bits per heavy atom. The Morgan fingerprint density at radius 2 is 1.96 bits per heavy atom. The first kappa shape index (κ1) is 16.6. The van der Waals surface area contributed by atoms with E-state index in [2.05, 4.69) is 16.7 Å². The van der Waals surface area contributed by atoms with Crippen LogP contribution in [0, 0.1) is 0 Å². The number of aromatic nitrogens is 1. The number of carbonyl (C=O) groups excluding carboxylic acids is 1. The van der Waals surface area contributed by atoms with E-state index < -0.39 is 6.10 Å². The molecular weight excluding hydrogens is 314 g/mol. The normalized spacial score (nSPS) is 20.1. The van der Waals surface area contributed by atoms with Gasteiger partial charge in [-0.15, -0.1) is 0 Å². The standard InChI is InChI=1S/C20H27N3O2/c1-21-12-9-17-16-7-3-4-8-18(16)23(19(17)20(21)25)14-15(24)13-22-10-5-2-6-11-22/h3-4,7-8,15,24H,2,5-6,9-14H2,1H3/p+1. The monoisotopic (exact) mass is 342 g/mol. The molecule has 1 amide bonds. The molecule has 0 saturated carbocycles. The molecule has 2 aliphatic rings. The van der Waals surface area contributed by atoms with Gasteiger partial charge in [0.05, 0.1) is 19.6 Å². The third kappa shape index (κ3) is 3.07. The molecule has 1 unspecified atom stereocenters. The Bertz CT molecular complexity index is 777. The number of amides is 1. The van der Waals surface area contributed by atoms with Gasteiger partial charge >= 0.3 is 0 Å². The average Bonchev–Trinajstić information content (AvgIpc) is 2.93. The van der Waals surface area contributed by atoms with Crippen molar-refractivity contribution in [2.45, 2.75) is 38.3 Å². The molecule has 1 fully saturated rings. The van der Waals surface area contributed by atoms with Crippen LogP contribution in [-0.2, 0) is 13.0 Å². The third-order valence-corrected chi connectivity index (χ3v) is 5.80. The fraction of sp³-hybridized carbons (Fsp3) is 0.550. The van der Waals surface area contributed by atoms with Crippen molar-refractivity contribution in [3.63, 3.8) is 0 Å². The van der Waals surface area contributed by atoms with Gasteiger partial charge in [0.2, 0.25) is 0 Å². The molecule has 3 heterocycles. The number of fused-ring (bicyclic) bond motifs is 3. The third-order valence-electron chi connectivity index (χ3n) is 5.80. The van der Waals surface area contributed by atoms with Gasteiger partial charge in [-0.25, -0.2) is 0 Å². The fourth-order valence-corrected chi connectivity index (χ4v) is 4.49. The summed E-state index contributed by atoms with van der Waals surface area (Å²) in [6.07, 6.45) is 4.29. The van der Waals surface area contributed by atoms with Gasteiger partial charge in [0.15, 0.2) is 0 Å². The zero-order chi connectivity index (χ0) is 17.4. The van der Waals surface area contributed by atoms with Crippen molar-refractivity contribution >= 4 is 16.8 Å². The van der Waals surface area contributed by atoms with Crippen molar-refractivity contribution in [3.8, 4) is 0 Å².